The standard InChI is InChI=1S/C10H7N3O4/c14-8-7(9(15)16)11-12-10(17)13(8)6-4-2-1-3-5-6/h1-5H,(H,12,17)(H,15,16). The van der Waals surface area contributed by atoms with Crippen molar-refractivity contribution in [2.24, 2.45) is 0 Å². The number of rotatable bonds is 2. The Labute approximate surface area is 94.0 Å². The molecule has 0 unspecified atom stereocenters. The fourth-order valence-electron chi connectivity index (χ4n) is 1.35. The molecule has 7 nitrogen and oxygen atoms in total. The number of aromatic carboxylic acids is 1. The van der Waals surface area contributed by atoms with E-state index in [0.29, 0.717) is 0 Å². The number of aromatic nitrogens is 3. The van der Waals surface area contributed by atoms with E-state index < -0.39 is 22.9 Å². The van der Waals surface area contributed by atoms with Gasteiger partial charge in [0.2, 0.25) is 5.69 Å². The molecule has 1 aromatic carbocycles. The maximum atomic E-state index is 11.7. The molecule has 17 heavy (non-hydrogen) atoms. The molecule has 7 heteroatoms. The van der Waals surface area contributed by atoms with E-state index in [-0.39, 0.29) is 5.69 Å². The van der Waals surface area contributed by atoms with E-state index in [1.54, 1.807) is 18.2 Å². The van der Waals surface area contributed by atoms with E-state index in [2.05, 4.69) is 5.10 Å². The lowest BCUT2D eigenvalue weighted by atomic mass is 10.3. The molecule has 0 radical (unpaired) electrons. The van der Waals surface area contributed by atoms with Crippen molar-refractivity contribution in [1.82, 2.24) is 14.8 Å². The molecule has 0 saturated carbocycles. The first-order valence-electron chi connectivity index (χ1n) is 4.61. The summed E-state index contributed by atoms with van der Waals surface area (Å²) in [6, 6.07) is 8.00. The van der Waals surface area contributed by atoms with Gasteiger partial charge < -0.3 is 5.11 Å². The summed E-state index contributed by atoms with van der Waals surface area (Å²) in [5.74, 6) is -1.49. The molecule has 0 aliphatic rings. The molecule has 0 aliphatic carbocycles. The molecular weight excluding hydrogens is 226 g/mol. The summed E-state index contributed by atoms with van der Waals surface area (Å²) in [6.45, 7) is 0. The van der Waals surface area contributed by atoms with Crippen LogP contribution < -0.4 is 11.2 Å². The molecule has 0 saturated heterocycles. The van der Waals surface area contributed by atoms with Crippen molar-refractivity contribution in [3.63, 3.8) is 0 Å². The largest absolute Gasteiger partial charge is 0.476 e. The van der Waals surface area contributed by atoms with Crippen molar-refractivity contribution in [2.45, 2.75) is 0 Å². The van der Waals surface area contributed by atoms with Crippen LogP contribution in [0.2, 0.25) is 0 Å². The zero-order valence-electron chi connectivity index (χ0n) is 8.45. The average Bonchev–Trinajstić information content (AvgIpc) is 2.30. The zero-order chi connectivity index (χ0) is 12.4. The van der Waals surface area contributed by atoms with E-state index >= 15 is 0 Å². The van der Waals surface area contributed by atoms with E-state index in [9.17, 15) is 14.4 Å². The van der Waals surface area contributed by atoms with Gasteiger partial charge in [0.1, 0.15) is 0 Å². The number of nitrogens with zero attached hydrogens (tertiary/aromatic N) is 2. The fraction of sp³-hybridized carbons (Fsp3) is 0. The molecule has 2 aromatic rings. The minimum Gasteiger partial charge on any atom is -0.476 e. The van der Waals surface area contributed by atoms with Crippen molar-refractivity contribution in [1.29, 1.82) is 0 Å². The molecule has 0 bridgehead atoms. The molecule has 0 spiro atoms. The number of carboxylic acid groups (broad SMARTS) is 1. The number of benzene rings is 1. The summed E-state index contributed by atoms with van der Waals surface area (Å²) >= 11 is 0. The van der Waals surface area contributed by atoms with Gasteiger partial charge in [-0.05, 0) is 12.1 Å². The lowest BCUT2D eigenvalue weighted by molar-refractivity contribution is 0.0686. The van der Waals surface area contributed by atoms with Gasteiger partial charge in [-0.25, -0.2) is 19.3 Å². The van der Waals surface area contributed by atoms with Crippen LogP contribution in [0.15, 0.2) is 39.9 Å². The first kappa shape index (κ1) is 10.8. The molecule has 0 fully saturated rings. The normalized spacial score (nSPS) is 10.1. The van der Waals surface area contributed by atoms with Crippen molar-refractivity contribution in [3.8, 4) is 5.69 Å². The van der Waals surface area contributed by atoms with Crippen LogP contribution in [0.25, 0.3) is 5.69 Å². The molecule has 0 aliphatic heterocycles. The highest BCUT2D eigenvalue weighted by Crippen LogP contribution is 2.00. The van der Waals surface area contributed by atoms with E-state index in [0.717, 1.165) is 4.57 Å². The topological polar surface area (TPSA) is 105 Å². The highest BCUT2D eigenvalue weighted by molar-refractivity contribution is 5.84. The number of nitrogens with one attached hydrogen (secondary N) is 1. The summed E-state index contributed by atoms with van der Waals surface area (Å²) in [6.07, 6.45) is 0. The molecule has 1 heterocycles. The van der Waals surface area contributed by atoms with Gasteiger partial charge in [-0.3, -0.25) is 4.79 Å². The first-order valence-corrected chi connectivity index (χ1v) is 4.61. The third-order valence-electron chi connectivity index (χ3n) is 2.09. The summed E-state index contributed by atoms with van der Waals surface area (Å²) in [5.41, 5.74) is -2.20. The van der Waals surface area contributed by atoms with Crippen LogP contribution in [-0.4, -0.2) is 25.8 Å². The van der Waals surface area contributed by atoms with Gasteiger partial charge >= 0.3 is 11.7 Å². The second kappa shape index (κ2) is 4.05. The van der Waals surface area contributed by atoms with Crippen LogP contribution in [0.5, 0.6) is 0 Å². The smallest absolute Gasteiger partial charge is 0.362 e. The number of hydrogen-bond acceptors (Lipinski definition) is 4. The number of carbonyl (C=O) groups is 1. The minimum atomic E-state index is -1.49. The maximum absolute atomic E-state index is 11.7. The van der Waals surface area contributed by atoms with Gasteiger partial charge in [-0.2, -0.15) is 5.10 Å². The summed E-state index contributed by atoms with van der Waals surface area (Å²) in [4.78, 5) is 33.9. The number of H-pyrrole nitrogens is 1. The Morgan fingerprint density at radius 2 is 1.88 bits per heavy atom. The third-order valence-corrected chi connectivity index (χ3v) is 2.09. The van der Waals surface area contributed by atoms with Gasteiger partial charge in [0.25, 0.3) is 5.56 Å². The summed E-state index contributed by atoms with van der Waals surface area (Å²) in [7, 11) is 0. The highest BCUT2D eigenvalue weighted by atomic mass is 16.4. The van der Waals surface area contributed by atoms with Crippen LogP contribution in [0.1, 0.15) is 10.5 Å². The van der Waals surface area contributed by atoms with Crippen molar-refractivity contribution in [2.75, 3.05) is 0 Å². The molecule has 0 amide bonds. The van der Waals surface area contributed by atoms with Gasteiger partial charge in [0, 0.05) is 0 Å². The zero-order valence-corrected chi connectivity index (χ0v) is 8.45. The quantitative estimate of drug-likeness (QED) is 0.735. The van der Waals surface area contributed by atoms with E-state index in [1.807, 2.05) is 5.10 Å². The van der Waals surface area contributed by atoms with Crippen LogP contribution in [0, 0.1) is 0 Å². The Morgan fingerprint density at radius 3 is 2.47 bits per heavy atom. The Bertz CT molecular complexity index is 672. The Kier molecular flexibility index (Phi) is 2.57. The predicted molar refractivity (Wildman–Crippen MR) is 57.4 cm³/mol. The summed E-state index contributed by atoms with van der Waals surface area (Å²) < 4.78 is 0.719. The van der Waals surface area contributed by atoms with Crippen LogP contribution >= 0.6 is 0 Å². The maximum Gasteiger partial charge on any atom is 0.362 e. The van der Waals surface area contributed by atoms with Gasteiger partial charge in [-0.1, -0.05) is 18.2 Å². The lowest BCUT2D eigenvalue weighted by Gasteiger charge is -2.03. The Morgan fingerprint density at radius 1 is 1.24 bits per heavy atom. The predicted octanol–water partition coefficient (Wildman–Crippen LogP) is -0.381. The van der Waals surface area contributed by atoms with E-state index in [4.69, 9.17) is 5.11 Å². The van der Waals surface area contributed by atoms with Crippen LogP contribution in [-0.2, 0) is 0 Å². The number of hydrogen-bond donors (Lipinski definition) is 2. The molecule has 2 N–H and O–H groups in total. The first-order chi connectivity index (χ1) is 8.11. The van der Waals surface area contributed by atoms with Gasteiger partial charge in [0.05, 0.1) is 5.69 Å². The van der Waals surface area contributed by atoms with Gasteiger partial charge in [0.15, 0.2) is 0 Å². The molecule has 2 rings (SSSR count). The van der Waals surface area contributed by atoms with Crippen molar-refractivity contribution >= 4 is 5.97 Å². The second-order valence-corrected chi connectivity index (χ2v) is 3.16. The minimum absolute atomic E-state index is 0.281. The second-order valence-electron chi connectivity index (χ2n) is 3.16. The monoisotopic (exact) mass is 233 g/mol. The third kappa shape index (κ3) is 1.85. The molecule has 0 atom stereocenters. The number of carboxylic acids is 1. The van der Waals surface area contributed by atoms with E-state index in [1.165, 1.54) is 12.1 Å². The SMILES string of the molecule is O=C(O)c1n[nH]c(=O)n(-c2ccccc2)c1=O. The van der Waals surface area contributed by atoms with Crippen molar-refractivity contribution in [3.05, 3.63) is 56.9 Å². The Hall–Kier alpha value is -2.70. The average molecular weight is 233 g/mol. The lowest BCUT2D eigenvalue weighted by Crippen LogP contribution is -2.38. The van der Waals surface area contributed by atoms with Crippen LogP contribution in [0.4, 0.5) is 0 Å². The number of para-hydroxylation sites is 1. The van der Waals surface area contributed by atoms with Gasteiger partial charge in [-0.15, -0.1) is 0 Å². The molecule has 1 aromatic heterocycles. The Balaban J connectivity index is 2.79. The molecule has 86 valence electrons. The molecular formula is C10H7N3O4. The van der Waals surface area contributed by atoms with Crippen molar-refractivity contribution < 1.29 is 9.90 Å². The fourth-order valence-corrected chi connectivity index (χ4v) is 1.35. The summed E-state index contributed by atoms with van der Waals surface area (Å²) in [5, 5.41) is 13.9. The number of aromatic amines is 1. The highest BCUT2D eigenvalue weighted by Gasteiger charge is 2.15. The van der Waals surface area contributed by atoms with Crippen LogP contribution in [0.3, 0.4) is 0 Å².